The van der Waals surface area contributed by atoms with Gasteiger partial charge < -0.3 is 0 Å². The van der Waals surface area contributed by atoms with E-state index in [1.165, 1.54) is 29.5 Å². The van der Waals surface area contributed by atoms with E-state index in [2.05, 4.69) is 51.1 Å². The van der Waals surface area contributed by atoms with Gasteiger partial charge >= 0.3 is 0 Å². The van der Waals surface area contributed by atoms with E-state index in [-0.39, 0.29) is 0 Å². The van der Waals surface area contributed by atoms with Crippen LogP contribution < -0.4 is 0 Å². The average molecular weight is 202 g/mol. The van der Waals surface area contributed by atoms with Crippen molar-refractivity contribution in [3.63, 3.8) is 0 Å². The van der Waals surface area contributed by atoms with Crippen LogP contribution in [-0.2, 0) is 12.8 Å². The summed E-state index contributed by atoms with van der Waals surface area (Å²) >= 11 is 0. The second-order valence-electron chi connectivity index (χ2n) is 4.13. The summed E-state index contributed by atoms with van der Waals surface area (Å²) in [5.74, 6) is 0. The number of aryl methyl sites for hydroxylation is 1. The largest absolute Gasteiger partial charge is 0.0812 e. The summed E-state index contributed by atoms with van der Waals surface area (Å²) in [6, 6.07) is 8.80. The molecule has 0 aromatic heterocycles. The molecule has 0 heteroatoms. The molecular weight excluding hydrogens is 180 g/mol. The molecule has 0 saturated carbocycles. The molecule has 0 fully saturated rings. The molecule has 0 saturated heterocycles. The summed E-state index contributed by atoms with van der Waals surface area (Å²) in [6.45, 7) is 6.66. The highest BCUT2D eigenvalue weighted by atomic mass is 14.0. The molecule has 0 nitrogen and oxygen atoms in total. The number of hydrogen-bond acceptors (Lipinski definition) is 0. The summed E-state index contributed by atoms with van der Waals surface area (Å²) < 4.78 is 0. The standard InChI is InChI=1S/C15H22/c1-4-8-14-9-6-7-10-15(14)12-11-13(3)5-2/h6-7,9-11H,4-5,8,12H2,1-3H3/b13-11+. The zero-order chi connectivity index (χ0) is 11.1. The molecule has 0 aliphatic heterocycles. The average Bonchev–Trinajstić information content (AvgIpc) is 2.28. The predicted octanol–water partition coefficient (Wildman–Crippen LogP) is 4.54. The Bertz CT molecular complexity index is 321. The van der Waals surface area contributed by atoms with Crippen LogP contribution >= 0.6 is 0 Å². The van der Waals surface area contributed by atoms with Gasteiger partial charge in [-0.2, -0.15) is 0 Å². The molecule has 82 valence electrons. The summed E-state index contributed by atoms with van der Waals surface area (Å²) in [4.78, 5) is 0. The van der Waals surface area contributed by atoms with Crippen molar-refractivity contribution in [3.05, 3.63) is 47.0 Å². The third-order valence-corrected chi connectivity index (χ3v) is 2.87. The van der Waals surface area contributed by atoms with Crippen LogP contribution in [0.25, 0.3) is 0 Å². The van der Waals surface area contributed by atoms with Crippen molar-refractivity contribution >= 4 is 0 Å². The van der Waals surface area contributed by atoms with Crippen LogP contribution in [0.5, 0.6) is 0 Å². The lowest BCUT2D eigenvalue weighted by Gasteiger charge is -2.06. The highest BCUT2D eigenvalue weighted by molar-refractivity contribution is 5.29. The first kappa shape index (κ1) is 12.0. The Labute approximate surface area is 94.0 Å². The van der Waals surface area contributed by atoms with Crippen molar-refractivity contribution in [1.82, 2.24) is 0 Å². The summed E-state index contributed by atoms with van der Waals surface area (Å²) in [7, 11) is 0. The molecule has 0 bridgehead atoms. The van der Waals surface area contributed by atoms with Gasteiger partial charge in [0.05, 0.1) is 0 Å². The van der Waals surface area contributed by atoms with Gasteiger partial charge in [-0.1, -0.05) is 56.2 Å². The molecule has 0 atom stereocenters. The molecule has 0 aliphatic carbocycles. The molecule has 0 aliphatic rings. The third kappa shape index (κ3) is 3.91. The minimum absolute atomic E-state index is 1.09. The molecular formula is C15H22. The van der Waals surface area contributed by atoms with E-state index < -0.39 is 0 Å². The molecule has 0 amide bonds. The van der Waals surface area contributed by atoms with Gasteiger partial charge in [0.25, 0.3) is 0 Å². The highest BCUT2D eigenvalue weighted by Gasteiger charge is 1.98. The van der Waals surface area contributed by atoms with Gasteiger partial charge in [-0.15, -0.1) is 0 Å². The van der Waals surface area contributed by atoms with Gasteiger partial charge in [-0.05, 0) is 37.3 Å². The fourth-order valence-corrected chi connectivity index (χ4v) is 1.70. The molecule has 15 heavy (non-hydrogen) atoms. The van der Waals surface area contributed by atoms with Crippen LogP contribution in [0.4, 0.5) is 0 Å². The quantitative estimate of drug-likeness (QED) is 0.615. The fourth-order valence-electron chi connectivity index (χ4n) is 1.70. The molecule has 0 unspecified atom stereocenters. The maximum atomic E-state index is 2.36. The smallest absolute Gasteiger partial charge is 0.00921 e. The van der Waals surface area contributed by atoms with Gasteiger partial charge in [0.2, 0.25) is 0 Å². The highest BCUT2D eigenvalue weighted by Crippen LogP contribution is 2.13. The van der Waals surface area contributed by atoms with Crippen molar-refractivity contribution in [2.45, 2.75) is 46.5 Å². The summed E-state index contributed by atoms with van der Waals surface area (Å²) in [5, 5.41) is 0. The molecule has 1 aromatic carbocycles. The number of rotatable bonds is 5. The molecule has 0 heterocycles. The molecule has 0 radical (unpaired) electrons. The van der Waals surface area contributed by atoms with E-state index >= 15 is 0 Å². The fraction of sp³-hybridized carbons (Fsp3) is 0.467. The lowest BCUT2D eigenvalue weighted by atomic mass is 9.99. The number of hydrogen-bond donors (Lipinski definition) is 0. The lowest BCUT2D eigenvalue weighted by molar-refractivity contribution is 0.905. The second kappa shape index (κ2) is 6.44. The van der Waals surface area contributed by atoms with Gasteiger partial charge in [-0.25, -0.2) is 0 Å². The Kier molecular flexibility index (Phi) is 5.17. The summed E-state index contributed by atoms with van der Waals surface area (Å²) in [6.07, 6.45) is 7.04. The maximum absolute atomic E-state index is 2.36. The Morgan fingerprint density at radius 1 is 1.13 bits per heavy atom. The molecule has 1 rings (SSSR count). The van der Waals surface area contributed by atoms with Crippen LogP contribution in [0, 0.1) is 0 Å². The van der Waals surface area contributed by atoms with Crippen molar-refractivity contribution in [2.24, 2.45) is 0 Å². The van der Waals surface area contributed by atoms with Crippen LogP contribution in [0.1, 0.15) is 44.7 Å². The van der Waals surface area contributed by atoms with Crippen LogP contribution in [0.2, 0.25) is 0 Å². The Morgan fingerprint density at radius 2 is 1.80 bits per heavy atom. The first-order valence-electron chi connectivity index (χ1n) is 6.00. The summed E-state index contributed by atoms with van der Waals surface area (Å²) in [5.41, 5.74) is 4.49. The second-order valence-corrected chi connectivity index (χ2v) is 4.13. The Balaban J connectivity index is 2.75. The van der Waals surface area contributed by atoms with E-state index in [1.54, 1.807) is 0 Å². The lowest BCUT2D eigenvalue weighted by Crippen LogP contribution is -1.92. The predicted molar refractivity (Wildman–Crippen MR) is 68.2 cm³/mol. The first-order chi connectivity index (χ1) is 7.27. The van der Waals surface area contributed by atoms with E-state index in [9.17, 15) is 0 Å². The topological polar surface area (TPSA) is 0 Å². The minimum atomic E-state index is 1.09. The van der Waals surface area contributed by atoms with Crippen LogP contribution in [0.3, 0.4) is 0 Å². The van der Waals surface area contributed by atoms with Gasteiger partial charge in [0.15, 0.2) is 0 Å². The van der Waals surface area contributed by atoms with Gasteiger partial charge in [0, 0.05) is 0 Å². The third-order valence-electron chi connectivity index (χ3n) is 2.87. The van der Waals surface area contributed by atoms with E-state index in [0.717, 1.165) is 12.8 Å². The van der Waals surface area contributed by atoms with Crippen LogP contribution in [-0.4, -0.2) is 0 Å². The van der Waals surface area contributed by atoms with E-state index in [1.807, 2.05) is 0 Å². The Hall–Kier alpha value is -1.04. The van der Waals surface area contributed by atoms with Crippen LogP contribution in [0.15, 0.2) is 35.9 Å². The molecule has 0 N–H and O–H groups in total. The van der Waals surface area contributed by atoms with Crippen molar-refractivity contribution in [3.8, 4) is 0 Å². The Morgan fingerprint density at radius 3 is 2.40 bits per heavy atom. The zero-order valence-electron chi connectivity index (χ0n) is 10.2. The van der Waals surface area contributed by atoms with Crippen molar-refractivity contribution in [1.29, 1.82) is 0 Å². The first-order valence-corrected chi connectivity index (χ1v) is 6.00. The minimum Gasteiger partial charge on any atom is -0.0812 e. The van der Waals surface area contributed by atoms with Gasteiger partial charge in [0.1, 0.15) is 0 Å². The number of benzene rings is 1. The SMILES string of the molecule is CCCc1ccccc1C/C=C(\C)CC. The van der Waals surface area contributed by atoms with Crippen molar-refractivity contribution < 1.29 is 0 Å². The van der Waals surface area contributed by atoms with E-state index in [4.69, 9.17) is 0 Å². The van der Waals surface area contributed by atoms with Crippen molar-refractivity contribution in [2.75, 3.05) is 0 Å². The molecule has 0 spiro atoms. The monoisotopic (exact) mass is 202 g/mol. The number of allylic oxidation sites excluding steroid dienone is 2. The van der Waals surface area contributed by atoms with Gasteiger partial charge in [-0.3, -0.25) is 0 Å². The maximum Gasteiger partial charge on any atom is -0.00921 e. The van der Waals surface area contributed by atoms with E-state index in [0.29, 0.717) is 0 Å². The molecule has 1 aromatic rings. The normalized spacial score (nSPS) is 11.8. The zero-order valence-corrected chi connectivity index (χ0v) is 10.2.